The van der Waals surface area contributed by atoms with Crippen LogP contribution in [0, 0.1) is 11.3 Å². The van der Waals surface area contributed by atoms with Crippen LogP contribution in [0.15, 0.2) is 303 Å². The third-order valence-corrected chi connectivity index (χ3v) is 18.0. The first-order valence-electron chi connectivity index (χ1n) is 30.3. The summed E-state index contributed by atoms with van der Waals surface area (Å²) in [5.74, 6) is 1.64. The highest BCUT2D eigenvalue weighted by atomic mass is 15.1. The molecule has 90 heavy (non-hydrogen) atoms. The van der Waals surface area contributed by atoms with Crippen LogP contribution in [0.3, 0.4) is 0 Å². The molecule has 0 saturated heterocycles. The van der Waals surface area contributed by atoms with Crippen molar-refractivity contribution in [3.05, 3.63) is 309 Å². The predicted octanol–water partition coefficient (Wildman–Crippen LogP) is 20.5. The topological polar surface area (TPSA) is 82.2 Å². The second-order valence-electron chi connectivity index (χ2n) is 23.0. The lowest BCUT2D eigenvalue weighted by Gasteiger charge is -2.21. The Morgan fingerprint density at radius 1 is 0.267 bits per heavy atom. The van der Waals surface area contributed by atoms with Gasteiger partial charge in [-0.3, -0.25) is 0 Å². The summed E-state index contributed by atoms with van der Waals surface area (Å²) in [5.41, 5.74) is 19.8. The monoisotopic (exact) mass is 1150 g/mol. The summed E-state index contributed by atoms with van der Waals surface area (Å²) in [6.07, 6.45) is 0. The number of nitrogens with zero attached hydrogens (tertiary/aromatic N) is 8. The van der Waals surface area contributed by atoms with E-state index >= 15 is 0 Å². The molecule has 8 heteroatoms. The maximum Gasteiger partial charge on any atom is 0.166 e. The zero-order chi connectivity index (χ0) is 59.4. The van der Waals surface area contributed by atoms with Crippen molar-refractivity contribution in [2.75, 3.05) is 0 Å². The molecular formula is C82H50N8. The molecule has 13 aromatic carbocycles. The molecule has 0 atom stereocenters. The maximum absolute atomic E-state index is 10.0. The molecule has 0 bridgehead atoms. The third kappa shape index (κ3) is 7.77. The van der Waals surface area contributed by atoms with Gasteiger partial charge in [0, 0.05) is 71.2 Å². The van der Waals surface area contributed by atoms with Crippen LogP contribution in [0.4, 0.5) is 0 Å². The van der Waals surface area contributed by atoms with Gasteiger partial charge in [-0.2, -0.15) is 5.26 Å². The zero-order valence-corrected chi connectivity index (χ0v) is 48.4. The number of fused-ring (bicyclic) bond motifs is 14. The van der Waals surface area contributed by atoms with E-state index in [9.17, 15) is 5.26 Å². The normalized spacial score (nSPS) is 11.8. The number of aromatic nitrogens is 7. The second kappa shape index (κ2) is 20.3. The van der Waals surface area contributed by atoms with Crippen molar-refractivity contribution in [1.29, 1.82) is 5.26 Å². The molecule has 18 aromatic rings. The summed E-state index contributed by atoms with van der Waals surface area (Å²) < 4.78 is 9.77. The lowest BCUT2D eigenvalue weighted by atomic mass is 9.92. The van der Waals surface area contributed by atoms with Crippen molar-refractivity contribution in [3.63, 3.8) is 0 Å². The number of hydrogen-bond acceptors (Lipinski definition) is 4. The van der Waals surface area contributed by atoms with E-state index in [1.165, 1.54) is 21.5 Å². The minimum absolute atomic E-state index is 0.518. The minimum Gasteiger partial charge on any atom is -0.309 e. The first-order valence-corrected chi connectivity index (χ1v) is 30.3. The second-order valence-corrected chi connectivity index (χ2v) is 23.0. The molecule has 18 rings (SSSR count). The van der Waals surface area contributed by atoms with Gasteiger partial charge in [0.05, 0.1) is 72.7 Å². The number of benzene rings is 13. The number of nitriles is 1. The molecule has 418 valence electrons. The molecule has 0 saturated carbocycles. The molecule has 0 spiro atoms. The highest BCUT2D eigenvalue weighted by Crippen LogP contribution is 2.49. The largest absolute Gasteiger partial charge is 0.309 e. The van der Waals surface area contributed by atoms with Gasteiger partial charge in [0.2, 0.25) is 0 Å². The van der Waals surface area contributed by atoms with Crippen molar-refractivity contribution in [2.45, 2.75) is 0 Å². The fourth-order valence-electron chi connectivity index (χ4n) is 14.2. The van der Waals surface area contributed by atoms with E-state index in [4.69, 9.17) is 15.0 Å². The summed E-state index contributed by atoms with van der Waals surface area (Å²) in [4.78, 5) is 16.6. The summed E-state index contributed by atoms with van der Waals surface area (Å²) in [7, 11) is 0. The van der Waals surface area contributed by atoms with Crippen LogP contribution >= 0.6 is 0 Å². The van der Waals surface area contributed by atoms with Gasteiger partial charge in [0.25, 0.3) is 0 Å². The van der Waals surface area contributed by atoms with E-state index in [0.29, 0.717) is 23.0 Å². The first kappa shape index (κ1) is 50.8. The zero-order valence-electron chi connectivity index (χ0n) is 48.4. The molecule has 0 amide bonds. The number of para-hydroxylation sites is 6. The van der Waals surface area contributed by atoms with E-state index in [1.54, 1.807) is 0 Å². The van der Waals surface area contributed by atoms with E-state index in [0.717, 1.165) is 127 Å². The fourth-order valence-corrected chi connectivity index (χ4v) is 14.2. The van der Waals surface area contributed by atoms with Gasteiger partial charge >= 0.3 is 0 Å². The highest BCUT2D eigenvalue weighted by Gasteiger charge is 2.29. The van der Waals surface area contributed by atoms with Gasteiger partial charge in [-0.05, 0) is 108 Å². The summed E-state index contributed by atoms with van der Waals surface area (Å²) in [5, 5.41) is 19.3. The van der Waals surface area contributed by atoms with Gasteiger partial charge in [0.15, 0.2) is 17.5 Å². The molecule has 0 aliphatic carbocycles. The summed E-state index contributed by atoms with van der Waals surface area (Å²) >= 11 is 0. The van der Waals surface area contributed by atoms with Crippen LogP contribution in [0.2, 0.25) is 0 Å². The molecule has 0 fully saturated rings. The van der Waals surface area contributed by atoms with Crippen molar-refractivity contribution in [3.8, 4) is 85.2 Å². The lowest BCUT2D eigenvalue weighted by molar-refractivity contribution is 1.06. The molecule has 0 unspecified atom stereocenters. The SMILES string of the molecule is N#Cc1ccc(-c2ccc(-n3c4ccccc4c4c3ccc3c5ccccc5n(-c5ccccc5)c34)c(-c3cccc(-n4c5ccccc5c5c4ccc4c6ccccc6n(-c6ccccc6)c45)c3-c3nc(-c4ccccc4)nc(-c4ccccc4)n3)c2)cc1. The molecular weight excluding hydrogens is 1100 g/mol. The molecule has 5 heterocycles. The summed E-state index contributed by atoms with van der Waals surface area (Å²) in [6, 6.07) is 110. The van der Waals surface area contributed by atoms with Crippen LogP contribution in [-0.2, 0) is 0 Å². The molecule has 0 N–H and O–H groups in total. The van der Waals surface area contributed by atoms with E-state index in [2.05, 4.69) is 267 Å². The summed E-state index contributed by atoms with van der Waals surface area (Å²) in [6.45, 7) is 0. The van der Waals surface area contributed by atoms with E-state index in [1.807, 2.05) is 60.7 Å². The quantitative estimate of drug-likeness (QED) is 0.144. The Labute approximate surface area is 516 Å². The van der Waals surface area contributed by atoms with E-state index < -0.39 is 0 Å². The highest BCUT2D eigenvalue weighted by molar-refractivity contribution is 6.28. The van der Waals surface area contributed by atoms with Crippen LogP contribution < -0.4 is 0 Å². The Bertz CT molecular complexity index is 5890. The van der Waals surface area contributed by atoms with Crippen molar-refractivity contribution >= 4 is 87.2 Å². The maximum atomic E-state index is 10.0. The van der Waals surface area contributed by atoms with Crippen LogP contribution in [0.1, 0.15) is 5.56 Å². The molecule has 5 aromatic heterocycles. The Kier molecular flexibility index (Phi) is 11.5. The van der Waals surface area contributed by atoms with Crippen LogP contribution in [0.5, 0.6) is 0 Å². The Morgan fingerprint density at radius 2 is 0.689 bits per heavy atom. The molecule has 0 radical (unpaired) electrons. The fraction of sp³-hybridized carbons (Fsp3) is 0. The number of rotatable bonds is 9. The lowest BCUT2D eigenvalue weighted by Crippen LogP contribution is -2.06. The first-order chi connectivity index (χ1) is 44.6. The minimum atomic E-state index is 0.518. The van der Waals surface area contributed by atoms with Gasteiger partial charge < -0.3 is 18.3 Å². The van der Waals surface area contributed by atoms with Crippen molar-refractivity contribution in [2.24, 2.45) is 0 Å². The average Bonchev–Trinajstić information content (AvgIpc) is 1.56. The van der Waals surface area contributed by atoms with Crippen LogP contribution in [-0.4, -0.2) is 33.2 Å². The predicted molar refractivity (Wildman–Crippen MR) is 369 cm³/mol. The third-order valence-electron chi connectivity index (χ3n) is 18.0. The number of hydrogen-bond donors (Lipinski definition) is 0. The van der Waals surface area contributed by atoms with Gasteiger partial charge in [0.1, 0.15) is 0 Å². The average molecular weight is 1150 g/mol. The van der Waals surface area contributed by atoms with E-state index in [-0.39, 0.29) is 0 Å². The Hall–Kier alpha value is -12.4. The van der Waals surface area contributed by atoms with Gasteiger partial charge in [-0.1, -0.05) is 212 Å². The van der Waals surface area contributed by atoms with Gasteiger partial charge in [-0.25, -0.2) is 15.0 Å². The Balaban J connectivity index is 1.00. The molecule has 8 nitrogen and oxygen atoms in total. The van der Waals surface area contributed by atoms with Crippen molar-refractivity contribution < 1.29 is 0 Å². The van der Waals surface area contributed by atoms with Crippen LogP contribution in [0.25, 0.3) is 166 Å². The standard InChI is InChI=1S/C82H50N8/c83-51-52-40-42-53(43-41-52)56-44-47-71(89-69-37-19-15-32-64(69)75-73(89)48-45-62-59-30-13-17-35-67(59)87(78(62)75)57-26-9-3-10-27-57)66(50-56)61-34-21-39-72(77(61)82-85-80(54-22-5-1-6-23-54)84-81(86-82)55-24-7-2-8-25-55)90-70-38-20-16-33-65(70)76-74(90)49-46-63-60-31-14-18-36-68(60)88(79(63)76)58-28-11-4-12-29-58/h1-50H. The van der Waals surface area contributed by atoms with Crippen molar-refractivity contribution in [1.82, 2.24) is 33.2 Å². The van der Waals surface area contributed by atoms with Gasteiger partial charge in [-0.15, -0.1) is 0 Å². The molecule has 0 aliphatic heterocycles. The Morgan fingerprint density at radius 3 is 1.19 bits per heavy atom. The molecule has 0 aliphatic rings. The smallest absolute Gasteiger partial charge is 0.166 e.